The highest BCUT2D eigenvalue weighted by atomic mass is 35.5. The van der Waals surface area contributed by atoms with Crippen molar-refractivity contribution in [2.45, 2.75) is 18.8 Å². The van der Waals surface area contributed by atoms with E-state index in [0.717, 1.165) is 30.0 Å². The second-order valence-corrected chi connectivity index (χ2v) is 5.05. The van der Waals surface area contributed by atoms with Crippen molar-refractivity contribution in [2.24, 2.45) is 7.05 Å². The zero-order valence-corrected chi connectivity index (χ0v) is 12.7. The number of methoxy groups -OCH3 is 1. The summed E-state index contributed by atoms with van der Waals surface area (Å²) in [6.07, 6.45) is 4.73. The number of alkyl halides is 1. The van der Waals surface area contributed by atoms with Crippen LogP contribution in [0, 0.1) is 0 Å². The second kappa shape index (κ2) is 5.73. The summed E-state index contributed by atoms with van der Waals surface area (Å²) >= 11 is 6.00. The van der Waals surface area contributed by atoms with Gasteiger partial charge in [-0.15, -0.1) is 11.6 Å². The smallest absolute Gasteiger partial charge is 0.215 e. The summed E-state index contributed by atoms with van der Waals surface area (Å²) < 4.78 is 9.02. The van der Waals surface area contributed by atoms with Crippen LogP contribution in [-0.4, -0.2) is 31.4 Å². The van der Waals surface area contributed by atoms with Gasteiger partial charge in [0, 0.05) is 25.9 Å². The number of imidazole rings is 1. The van der Waals surface area contributed by atoms with E-state index in [4.69, 9.17) is 16.3 Å². The highest BCUT2D eigenvalue weighted by Crippen LogP contribution is 2.19. The van der Waals surface area contributed by atoms with Crippen LogP contribution >= 0.6 is 11.6 Å². The molecule has 0 spiro atoms. The molecule has 3 aromatic rings. The number of ether oxygens (including phenoxy) is 1. The zero-order valence-electron chi connectivity index (χ0n) is 12.0. The number of fused-ring (bicyclic) bond motifs is 1. The predicted octanol–water partition coefficient (Wildman–Crippen LogP) is 2.15. The molecule has 0 saturated carbocycles. The Bertz CT molecular complexity index is 764. The van der Waals surface area contributed by atoms with Gasteiger partial charge in [-0.3, -0.25) is 4.68 Å². The van der Waals surface area contributed by atoms with E-state index in [-0.39, 0.29) is 0 Å². The lowest BCUT2D eigenvalue weighted by Crippen LogP contribution is -2.06. The van der Waals surface area contributed by atoms with E-state index in [1.54, 1.807) is 17.9 Å². The molecule has 0 aromatic carbocycles. The van der Waals surface area contributed by atoms with E-state index in [2.05, 4.69) is 15.1 Å². The van der Waals surface area contributed by atoms with E-state index >= 15 is 0 Å². The van der Waals surface area contributed by atoms with Crippen molar-refractivity contribution >= 4 is 22.8 Å². The van der Waals surface area contributed by atoms with Gasteiger partial charge >= 0.3 is 0 Å². The largest absolute Gasteiger partial charge is 0.481 e. The molecular formula is C14H16ClN5O. The van der Waals surface area contributed by atoms with Gasteiger partial charge in [0.2, 0.25) is 5.88 Å². The first kappa shape index (κ1) is 13.9. The first-order chi connectivity index (χ1) is 10.2. The van der Waals surface area contributed by atoms with Crippen LogP contribution < -0.4 is 4.74 Å². The highest BCUT2D eigenvalue weighted by Gasteiger charge is 2.12. The van der Waals surface area contributed by atoms with Gasteiger partial charge in [-0.25, -0.2) is 4.98 Å². The topological polar surface area (TPSA) is 57.8 Å². The number of rotatable bonds is 5. The molecule has 0 saturated heterocycles. The minimum Gasteiger partial charge on any atom is -0.481 e. The van der Waals surface area contributed by atoms with E-state index < -0.39 is 0 Å². The van der Waals surface area contributed by atoms with Gasteiger partial charge in [0.15, 0.2) is 5.65 Å². The summed E-state index contributed by atoms with van der Waals surface area (Å²) in [7, 11) is 3.51. The Morgan fingerprint density at radius 2 is 2.14 bits per heavy atom. The van der Waals surface area contributed by atoms with Gasteiger partial charge in [-0.1, -0.05) is 0 Å². The fourth-order valence-electron chi connectivity index (χ4n) is 2.32. The molecular weight excluding hydrogens is 290 g/mol. The van der Waals surface area contributed by atoms with Gasteiger partial charge < -0.3 is 9.30 Å². The lowest BCUT2D eigenvalue weighted by Gasteiger charge is -2.06. The maximum Gasteiger partial charge on any atom is 0.215 e. The molecule has 0 aliphatic heterocycles. The molecule has 7 heteroatoms. The molecule has 0 fully saturated rings. The quantitative estimate of drug-likeness (QED) is 0.678. The summed E-state index contributed by atoms with van der Waals surface area (Å²) in [5.41, 5.74) is 2.80. The van der Waals surface area contributed by atoms with Crippen LogP contribution in [0.5, 0.6) is 5.88 Å². The fraction of sp³-hybridized carbons (Fsp3) is 0.357. The first-order valence-corrected chi connectivity index (χ1v) is 7.18. The summed E-state index contributed by atoms with van der Waals surface area (Å²) in [6, 6.07) is 3.70. The number of hydrogen-bond acceptors (Lipinski definition) is 4. The molecule has 3 rings (SSSR count). The summed E-state index contributed by atoms with van der Waals surface area (Å²) in [4.78, 5) is 8.99. The van der Waals surface area contributed by atoms with Gasteiger partial charge in [-0.2, -0.15) is 10.1 Å². The molecule has 6 nitrogen and oxygen atoms in total. The fourth-order valence-corrected chi connectivity index (χ4v) is 2.53. The summed E-state index contributed by atoms with van der Waals surface area (Å²) in [6.45, 7) is 0.754. The van der Waals surface area contributed by atoms with Crippen molar-refractivity contribution in [1.82, 2.24) is 24.3 Å². The van der Waals surface area contributed by atoms with Gasteiger partial charge in [0.25, 0.3) is 0 Å². The minimum atomic E-state index is 0.353. The average Bonchev–Trinajstić information content (AvgIpc) is 3.07. The van der Waals surface area contributed by atoms with Crippen molar-refractivity contribution in [2.75, 3.05) is 7.11 Å². The zero-order chi connectivity index (χ0) is 14.8. The van der Waals surface area contributed by atoms with Crippen molar-refractivity contribution in [3.63, 3.8) is 0 Å². The minimum absolute atomic E-state index is 0.353. The Balaban J connectivity index is 1.94. The van der Waals surface area contributed by atoms with Crippen LogP contribution in [-0.2, 0) is 25.9 Å². The molecule has 3 aromatic heterocycles. The number of nitrogens with zero attached hydrogens (tertiary/aromatic N) is 5. The SMILES string of the molecule is COc1ccc2nc(CCl)n(CCc3cnn(C)c3)c2n1. The van der Waals surface area contributed by atoms with Crippen LogP contribution in [0.4, 0.5) is 0 Å². The second-order valence-electron chi connectivity index (χ2n) is 4.78. The molecule has 0 aliphatic carbocycles. The molecule has 0 atom stereocenters. The molecule has 0 N–H and O–H groups in total. The number of pyridine rings is 1. The Kier molecular flexibility index (Phi) is 3.79. The Labute approximate surface area is 127 Å². The highest BCUT2D eigenvalue weighted by molar-refractivity contribution is 6.16. The van der Waals surface area contributed by atoms with Gasteiger partial charge in [0.1, 0.15) is 11.3 Å². The number of halogens is 1. The first-order valence-electron chi connectivity index (χ1n) is 6.65. The summed E-state index contributed by atoms with van der Waals surface area (Å²) in [5.74, 6) is 1.74. The summed E-state index contributed by atoms with van der Waals surface area (Å²) in [5, 5.41) is 4.18. The van der Waals surface area contributed by atoms with Crippen molar-refractivity contribution < 1.29 is 4.74 Å². The third-order valence-electron chi connectivity index (χ3n) is 3.36. The average molecular weight is 306 g/mol. The molecule has 0 radical (unpaired) electrons. The predicted molar refractivity (Wildman–Crippen MR) is 80.5 cm³/mol. The lowest BCUT2D eigenvalue weighted by atomic mass is 10.2. The third kappa shape index (κ3) is 2.71. The molecule has 110 valence electrons. The van der Waals surface area contributed by atoms with Gasteiger partial charge in [0.05, 0.1) is 19.2 Å². The van der Waals surface area contributed by atoms with Gasteiger partial charge in [-0.05, 0) is 18.1 Å². The van der Waals surface area contributed by atoms with E-state index in [1.807, 2.05) is 30.1 Å². The van der Waals surface area contributed by atoms with E-state index in [9.17, 15) is 0 Å². The molecule has 0 aliphatic rings. The van der Waals surface area contributed by atoms with Crippen molar-refractivity contribution in [1.29, 1.82) is 0 Å². The Morgan fingerprint density at radius 1 is 1.29 bits per heavy atom. The van der Waals surface area contributed by atoms with Crippen LogP contribution in [0.3, 0.4) is 0 Å². The maximum absolute atomic E-state index is 6.00. The van der Waals surface area contributed by atoms with E-state index in [0.29, 0.717) is 11.8 Å². The monoisotopic (exact) mass is 305 g/mol. The van der Waals surface area contributed by atoms with Crippen LogP contribution in [0.1, 0.15) is 11.4 Å². The van der Waals surface area contributed by atoms with Crippen molar-refractivity contribution in [3.05, 3.63) is 35.9 Å². The number of hydrogen-bond donors (Lipinski definition) is 0. The molecule has 3 heterocycles. The maximum atomic E-state index is 6.00. The third-order valence-corrected chi connectivity index (χ3v) is 3.60. The van der Waals surface area contributed by atoms with Crippen LogP contribution in [0.25, 0.3) is 11.2 Å². The van der Waals surface area contributed by atoms with Crippen molar-refractivity contribution in [3.8, 4) is 5.88 Å². The van der Waals surface area contributed by atoms with E-state index in [1.165, 1.54) is 5.56 Å². The molecule has 0 bridgehead atoms. The number of aromatic nitrogens is 5. The molecule has 0 amide bonds. The molecule has 0 unspecified atom stereocenters. The normalized spacial score (nSPS) is 11.2. The lowest BCUT2D eigenvalue weighted by molar-refractivity contribution is 0.399. The standard InChI is InChI=1S/C14H16ClN5O/c1-19-9-10(8-16-19)5-6-20-12(7-15)17-11-3-4-13(21-2)18-14(11)20/h3-4,8-9H,5-7H2,1-2H3. The van der Waals surface area contributed by atoms with Crippen LogP contribution in [0.2, 0.25) is 0 Å². The molecule has 21 heavy (non-hydrogen) atoms. The number of aryl methyl sites for hydroxylation is 3. The Morgan fingerprint density at radius 3 is 2.81 bits per heavy atom. The van der Waals surface area contributed by atoms with Crippen LogP contribution in [0.15, 0.2) is 24.5 Å². The Hall–Kier alpha value is -2.08.